The van der Waals surface area contributed by atoms with E-state index in [0.29, 0.717) is 19.5 Å². The number of β-amino-alcohol motifs (C(OH)–C–C–N with tert-alkyl or cyclic N) is 1. The van der Waals surface area contributed by atoms with E-state index < -0.39 is 16.9 Å². The number of aliphatic hydroxyl groups is 1. The number of hydrogen-bond donors (Lipinski definition) is 2. The molecule has 8 nitrogen and oxygen atoms in total. The van der Waals surface area contributed by atoms with Crippen LogP contribution in [0.4, 0.5) is 0 Å². The topological polar surface area (TPSA) is 98.6 Å². The lowest BCUT2D eigenvalue weighted by atomic mass is 10.0. The van der Waals surface area contributed by atoms with Gasteiger partial charge in [0.2, 0.25) is 5.91 Å². The smallest absolute Gasteiger partial charge is 0.328 e. The Morgan fingerprint density at radius 3 is 2.77 bits per heavy atom. The summed E-state index contributed by atoms with van der Waals surface area (Å²) in [7, 11) is 5.10. The summed E-state index contributed by atoms with van der Waals surface area (Å²) in [5.41, 5.74) is -1.65. The highest BCUT2D eigenvalue weighted by Gasteiger charge is 2.38. The molecule has 8 heteroatoms. The highest BCUT2D eigenvalue weighted by Crippen LogP contribution is 2.22. The molecule has 0 unspecified atom stereocenters. The molecular formula is C14H22N4O4. The van der Waals surface area contributed by atoms with Gasteiger partial charge in [0.15, 0.2) is 0 Å². The van der Waals surface area contributed by atoms with E-state index in [-0.39, 0.29) is 24.4 Å². The molecule has 1 aromatic heterocycles. The van der Waals surface area contributed by atoms with E-state index in [2.05, 4.69) is 4.98 Å². The second kappa shape index (κ2) is 6.05. The maximum atomic E-state index is 12.3. The summed E-state index contributed by atoms with van der Waals surface area (Å²) in [4.78, 5) is 41.4. The second-order valence-electron chi connectivity index (χ2n) is 6.19. The van der Waals surface area contributed by atoms with Gasteiger partial charge in [-0.15, -0.1) is 0 Å². The lowest BCUT2D eigenvalue weighted by Gasteiger charge is -2.26. The average Bonchev–Trinajstić information content (AvgIpc) is 2.80. The third-order valence-corrected chi connectivity index (χ3v) is 3.89. The minimum atomic E-state index is -0.908. The Kier molecular flexibility index (Phi) is 4.52. The van der Waals surface area contributed by atoms with Crippen LogP contribution in [0.2, 0.25) is 0 Å². The van der Waals surface area contributed by atoms with Gasteiger partial charge in [-0.05, 0) is 20.5 Å². The van der Waals surface area contributed by atoms with Crippen molar-refractivity contribution in [3.8, 4) is 0 Å². The van der Waals surface area contributed by atoms with Gasteiger partial charge in [0.25, 0.3) is 5.56 Å². The molecule has 1 amide bonds. The van der Waals surface area contributed by atoms with Gasteiger partial charge < -0.3 is 19.9 Å². The van der Waals surface area contributed by atoms with Crippen LogP contribution in [0, 0.1) is 0 Å². The molecule has 122 valence electrons. The Morgan fingerprint density at radius 2 is 2.14 bits per heavy atom. The largest absolute Gasteiger partial charge is 0.387 e. The molecule has 2 N–H and O–H groups in total. The number of amides is 1. The number of likely N-dealkylation sites (tertiary alicyclic amines) is 1. The molecule has 0 aromatic carbocycles. The van der Waals surface area contributed by atoms with Crippen molar-refractivity contribution in [1.82, 2.24) is 19.4 Å². The second-order valence-corrected chi connectivity index (χ2v) is 6.19. The molecule has 0 radical (unpaired) electrons. The SMILES string of the molecule is CN(C)C[C@]1(O)CCN(C(=O)Cc2c[nH]c(=O)n(C)c2=O)C1. The number of nitrogens with zero attached hydrogens (tertiary/aromatic N) is 3. The minimum absolute atomic E-state index is 0.0818. The van der Waals surface area contributed by atoms with E-state index in [1.165, 1.54) is 13.2 Å². The van der Waals surface area contributed by atoms with Crippen molar-refractivity contribution in [3.05, 3.63) is 32.6 Å². The van der Waals surface area contributed by atoms with Crippen LogP contribution in [0.25, 0.3) is 0 Å². The normalized spacial score (nSPS) is 21.6. The van der Waals surface area contributed by atoms with Gasteiger partial charge in [-0.25, -0.2) is 4.79 Å². The van der Waals surface area contributed by atoms with Crippen LogP contribution in [0.5, 0.6) is 0 Å². The fourth-order valence-electron chi connectivity index (χ4n) is 2.80. The first-order valence-electron chi connectivity index (χ1n) is 7.14. The first-order valence-corrected chi connectivity index (χ1v) is 7.14. The number of rotatable bonds is 4. The quantitative estimate of drug-likeness (QED) is 0.680. The number of aromatic nitrogens is 2. The van der Waals surface area contributed by atoms with Crippen LogP contribution in [-0.2, 0) is 18.3 Å². The minimum Gasteiger partial charge on any atom is -0.387 e. The lowest BCUT2D eigenvalue weighted by Crippen LogP contribution is -2.44. The fourth-order valence-corrected chi connectivity index (χ4v) is 2.80. The van der Waals surface area contributed by atoms with Crippen molar-refractivity contribution in [2.24, 2.45) is 7.05 Å². The summed E-state index contributed by atoms with van der Waals surface area (Å²) in [6.45, 7) is 1.21. The Morgan fingerprint density at radius 1 is 1.45 bits per heavy atom. The van der Waals surface area contributed by atoms with Gasteiger partial charge in [-0.2, -0.15) is 0 Å². The van der Waals surface area contributed by atoms with Crippen molar-refractivity contribution < 1.29 is 9.90 Å². The molecule has 0 saturated carbocycles. The van der Waals surface area contributed by atoms with E-state index in [0.717, 1.165) is 4.57 Å². The Balaban J connectivity index is 2.07. The third kappa shape index (κ3) is 3.45. The predicted molar refractivity (Wildman–Crippen MR) is 80.7 cm³/mol. The highest BCUT2D eigenvalue weighted by atomic mass is 16.3. The average molecular weight is 310 g/mol. The molecular weight excluding hydrogens is 288 g/mol. The lowest BCUT2D eigenvalue weighted by molar-refractivity contribution is -0.130. The van der Waals surface area contributed by atoms with Gasteiger partial charge in [0.1, 0.15) is 0 Å². The maximum Gasteiger partial charge on any atom is 0.328 e. The number of likely N-dealkylation sites (N-methyl/N-ethyl adjacent to an activating group) is 1. The Labute approximate surface area is 128 Å². The van der Waals surface area contributed by atoms with Crippen molar-refractivity contribution in [2.45, 2.75) is 18.4 Å². The summed E-state index contributed by atoms with van der Waals surface area (Å²) < 4.78 is 0.939. The number of carbonyl (C=O) groups is 1. The number of hydrogen-bond acceptors (Lipinski definition) is 5. The van der Waals surface area contributed by atoms with Crippen molar-refractivity contribution >= 4 is 5.91 Å². The Bertz CT molecular complexity index is 678. The molecule has 1 aromatic rings. The van der Waals surface area contributed by atoms with Gasteiger partial charge in [-0.3, -0.25) is 14.2 Å². The van der Waals surface area contributed by atoms with Gasteiger partial charge in [-0.1, -0.05) is 0 Å². The van der Waals surface area contributed by atoms with Crippen molar-refractivity contribution in [2.75, 3.05) is 33.7 Å². The molecule has 0 spiro atoms. The zero-order valence-electron chi connectivity index (χ0n) is 13.1. The monoisotopic (exact) mass is 310 g/mol. The summed E-state index contributed by atoms with van der Waals surface area (Å²) in [6, 6.07) is 0. The molecule has 1 atom stereocenters. The fraction of sp³-hybridized carbons (Fsp3) is 0.643. The molecule has 0 bridgehead atoms. The van der Waals surface area contributed by atoms with Crippen LogP contribution in [-0.4, -0.2) is 69.7 Å². The zero-order valence-corrected chi connectivity index (χ0v) is 13.1. The number of carbonyl (C=O) groups excluding carboxylic acids is 1. The predicted octanol–water partition coefficient (Wildman–Crippen LogP) is -1.86. The standard InChI is InChI=1S/C14H22N4O4/c1-16(2)8-14(22)4-5-18(9-14)11(19)6-10-7-15-13(21)17(3)12(10)20/h7,22H,4-6,8-9H2,1-3H3,(H,15,21)/t14-/m1/s1. The van der Waals surface area contributed by atoms with Crippen LogP contribution >= 0.6 is 0 Å². The van der Waals surface area contributed by atoms with E-state index in [4.69, 9.17) is 0 Å². The molecule has 22 heavy (non-hydrogen) atoms. The third-order valence-electron chi connectivity index (χ3n) is 3.89. The summed E-state index contributed by atoms with van der Waals surface area (Å²) in [5, 5.41) is 10.4. The highest BCUT2D eigenvalue weighted by molar-refractivity contribution is 5.79. The molecule has 2 heterocycles. The number of aromatic amines is 1. The summed E-state index contributed by atoms with van der Waals surface area (Å²) in [5.74, 6) is -0.223. The van der Waals surface area contributed by atoms with Crippen LogP contribution in [0.1, 0.15) is 12.0 Å². The molecule has 1 aliphatic rings. The molecule has 1 fully saturated rings. The van der Waals surface area contributed by atoms with Crippen LogP contribution in [0.15, 0.2) is 15.8 Å². The van der Waals surface area contributed by atoms with Crippen molar-refractivity contribution in [1.29, 1.82) is 0 Å². The van der Waals surface area contributed by atoms with E-state index in [1.54, 1.807) is 4.90 Å². The van der Waals surface area contributed by atoms with Gasteiger partial charge in [0, 0.05) is 31.9 Å². The molecule has 2 rings (SSSR count). The van der Waals surface area contributed by atoms with Gasteiger partial charge >= 0.3 is 5.69 Å². The van der Waals surface area contributed by atoms with Crippen LogP contribution in [0.3, 0.4) is 0 Å². The molecule has 1 saturated heterocycles. The molecule has 0 aliphatic carbocycles. The zero-order chi connectivity index (χ0) is 16.5. The van der Waals surface area contributed by atoms with E-state index >= 15 is 0 Å². The molecule has 1 aliphatic heterocycles. The number of nitrogens with one attached hydrogen (secondary N) is 1. The first-order chi connectivity index (χ1) is 10.2. The Hall–Kier alpha value is -1.93. The van der Waals surface area contributed by atoms with Gasteiger partial charge in [0.05, 0.1) is 18.6 Å². The van der Waals surface area contributed by atoms with Crippen LogP contribution < -0.4 is 11.2 Å². The number of H-pyrrole nitrogens is 1. The summed E-state index contributed by atoms with van der Waals surface area (Å²) >= 11 is 0. The first kappa shape index (κ1) is 16.4. The summed E-state index contributed by atoms with van der Waals surface area (Å²) in [6.07, 6.45) is 1.71. The van der Waals surface area contributed by atoms with E-state index in [1.807, 2.05) is 19.0 Å². The van der Waals surface area contributed by atoms with Crippen molar-refractivity contribution in [3.63, 3.8) is 0 Å². The van der Waals surface area contributed by atoms with E-state index in [9.17, 15) is 19.5 Å². The maximum absolute atomic E-state index is 12.3.